The molecular weight excluding hydrogens is 454 g/mol. The summed E-state index contributed by atoms with van der Waals surface area (Å²) in [4.78, 5) is 50.0. The van der Waals surface area contributed by atoms with Crippen LogP contribution in [0.1, 0.15) is 6.23 Å². The Bertz CT molecular complexity index is 1090. The van der Waals surface area contributed by atoms with E-state index in [1.807, 2.05) is 0 Å². The maximum absolute atomic E-state index is 11.3. The molecular formula is C10H14N8O10P2. The van der Waals surface area contributed by atoms with Gasteiger partial charge in [0.2, 0.25) is 5.95 Å². The number of rotatable bonds is 7. The minimum absolute atomic E-state index is 0.0325. The average Bonchev–Trinajstić information content (AvgIpc) is 3.14. The number of phosphoric acid groups is 2. The third-order valence-electron chi connectivity index (χ3n) is 3.82. The zero-order chi connectivity index (χ0) is 22.3. The summed E-state index contributed by atoms with van der Waals surface area (Å²) in [5, 5.41) is 13.8. The van der Waals surface area contributed by atoms with Gasteiger partial charge in [0.15, 0.2) is 17.7 Å². The summed E-state index contributed by atoms with van der Waals surface area (Å²) in [5.41, 5.74) is 14.2. The van der Waals surface area contributed by atoms with Gasteiger partial charge >= 0.3 is 15.6 Å². The van der Waals surface area contributed by atoms with E-state index < -0.39 is 46.8 Å². The number of hydrogen-bond donors (Lipinski definition) is 6. The van der Waals surface area contributed by atoms with Crippen LogP contribution >= 0.6 is 15.6 Å². The minimum atomic E-state index is -5.15. The lowest BCUT2D eigenvalue weighted by Gasteiger charge is -2.20. The van der Waals surface area contributed by atoms with Gasteiger partial charge in [-0.3, -0.25) is 13.6 Å². The average molecular weight is 468 g/mol. The molecule has 30 heavy (non-hydrogen) atoms. The van der Waals surface area contributed by atoms with Crippen LogP contribution in [0.3, 0.4) is 0 Å². The highest BCUT2D eigenvalue weighted by Gasteiger charge is 2.49. The van der Waals surface area contributed by atoms with Gasteiger partial charge in [-0.05, 0) is 10.6 Å². The summed E-state index contributed by atoms with van der Waals surface area (Å²) in [6, 6.07) is 0. The number of nitrogen functional groups attached to an aromatic ring is 1. The van der Waals surface area contributed by atoms with Crippen LogP contribution in [0.5, 0.6) is 0 Å². The van der Waals surface area contributed by atoms with Gasteiger partial charge in [0.25, 0.3) is 0 Å². The number of imidazole rings is 1. The van der Waals surface area contributed by atoms with Crippen LogP contribution in [-0.4, -0.2) is 69.1 Å². The molecule has 2 aromatic heterocycles. The highest BCUT2D eigenvalue weighted by Crippen LogP contribution is 2.45. The highest BCUT2D eigenvalue weighted by molar-refractivity contribution is 7.46. The van der Waals surface area contributed by atoms with Crippen molar-refractivity contribution in [1.29, 1.82) is 0 Å². The van der Waals surface area contributed by atoms with Gasteiger partial charge in [-0.15, -0.1) is 0 Å². The third kappa shape index (κ3) is 4.92. The molecule has 1 aliphatic rings. The standard InChI is InChI=1S/C10H14N8O10P2/c11-7-4-8(15-10(14-7)16-17-12)18(2-13-4)9-5(19)6(28-30(23,24)25)3(27-9)1-26-29(20,21)22/h2-3,5-6,9,19H,1H2,(H2,11,14,15)(H2,20,21,22)(H2,23,24,25)/t3-,5-,6-,9-/m1/s1. The van der Waals surface area contributed by atoms with Crippen LogP contribution in [0, 0.1) is 0 Å². The molecule has 0 unspecified atom stereocenters. The molecule has 20 heteroatoms. The molecule has 3 heterocycles. The lowest BCUT2D eigenvalue weighted by Crippen LogP contribution is -2.35. The van der Waals surface area contributed by atoms with Crippen molar-refractivity contribution in [3.05, 3.63) is 16.8 Å². The first-order chi connectivity index (χ1) is 13.9. The van der Waals surface area contributed by atoms with E-state index >= 15 is 0 Å². The van der Waals surface area contributed by atoms with Crippen molar-refractivity contribution in [3.8, 4) is 0 Å². The predicted octanol–water partition coefficient (Wildman–Crippen LogP) is -0.804. The molecule has 2 aromatic rings. The zero-order valence-electron chi connectivity index (χ0n) is 14.5. The topological polar surface area (TPSA) is 281 Å². The molecule has 0 aromatic carbocycles. The zero-order valence-corrected chi connectivity index (χ0v) is 16.3. The normalized spacial score (nSPS) is 24.8. The Hall–Kier alpha value is -2.20. The van der Waals surface area contributed by atoms with Crippen LogP contribution in [-0.2, 0) is 22.9 Å². The van der Waals surface area contributed by atoms with Crippen molar-refractivity contribution in [2.75, 3.05) is 12.3 Å². The number of nitrogens with zero attached hydrogens (tertiary/aromatic N) is 7. The Balaban J connectivity index is 2.00. The number of aliphatic hydroxyl groups is 1. The Morgan fingerprint density at radius 1 is 1.30 bits per heavy atom. The van der Waals surface area contributed by atoms with Crippen molar-refractivity contribution in [3.63, 3.8) is 0 Å². The third-order valence-corrected chi connectivity index (χ3v) is 4.82. The van der Waals surface area contributed by atoms with Gasteiger partial charge in [-0.1, -0.05) is 0 Å². The first-order valence-electron chi connectivity index (χ1n) is 7.72. The molecule has 164 valence electrons. The maximum Gasteiger partial charge on any atom is 0.470 e. The second-order valence-corrected chi connectivity index (χ2v) is 8.26. The quantitative estimate of drug-likeness (QED) is 0.125. The molecule has 3 rings (SSSR count). The van der Waals surface area contributed by atoms with E-state index in [0.717, 1.165) is 10.9 Å². The summed E-state index contributed by atoms with van der Waals surface area (Å²) < 4.78 is 37.6. The van der Waals surface area contributed by atoms with Crippen molar-refractivity contribution < 1.29 is 47.6 Å². The maximum atomic E-state index is 11.3. The Kier molecular flexibility index (Phi) is 6.10. The molecule has 0 bridgehead atoms. The fourth-order valence-corrected chi connectivity index (χ4v) is 3.66. The van der Waals surface area contributed by atoms with Crippen molar-refractivity contribution in [1.82, 2.24) is 19.5 Å². The molecule has 0 radical (unpaired) electrons. The molecule has 1 fully saturated rings. The van der Waals surface area contributed by atoms with E-state index in [9.17, 15) is 14.2 Å². The molecule has 0 amide bonds. The van der Waals surface area contributed by atoms with Crippen LogP contribution in [0.25, 0.3) is 21.6 Å². The largest absolute Gasteiger partial charge is 0.470 e. The Morgan fingerprint density at radius 3 is 2.60 bits per heavy atom. The molecule has 18 nitrogen and oxygen atoms in total. The first-order valence-corrected chi connectivity index (χ1v) is 10.8. The number of aromatic nitrogens is 4. The van der Waals surface area contributed by atoms with E-state index in [1.165, 1.54) is 0 Å². The number of nitrogens with two attached hydrogens (primary N) is 1. The van der Waals surface area contributed by atoms with Crippen molar-refractivity contribution >= 4 is 38.6 Å². The smallest absolute Gasteiger partial charge is 0.386 e. The van der Waals surface area contributed by atoms with Gasteiger partial charge in [0, 0.05) is 4.91 Å². The molecule has 0 spiro atoms. The minimum Gasteiger partial charge on any atom is -0.386 e. The van der Waals surface area contributed by atoms with Gasteiger partial charge in [0.05, 0.1) is 12.9 Å². The van der Waals surface area contributed by atoms with Gasteiger partial charge in [-0.2, -0.15) is 0 Å². The molecule has 1 aliphatic heterocycles. The Labute approximate surface area is 165 Å². The van der Waals surface area contributed by atoms with E-state index in [0.29, 0.717) is 0 Å². The summed E-state index contributed by atoms with van der Waals surface area (Å²) in [6.07, 6.45) is -5.40. The summed E-state index contributed by atoms with van der Waals surface area (Å²) in [7, 11) is -10.1. The SMILES string of the molecule is [N-]=[N+]=Nc1nc(N)c2ncn([C@@H]3O[C@H](COP(=O)(O)O)[C@@H](OP(=O)(O)O)[C@H]3O)c2n1. The van der Waals surface area contributed by atoms with Gasteiger partial charge in [-0.25, -0.2) is 24.1 Å². The van der Waals surface area contributed by atoms with Crippen molar-refractivity contribution in [2.45, 2.75) is 24.5 Å². The molecule has 0 saturated carbocycles. The van der Waals surface area contributed by atoms with Crippen LogP contribution in [0.15, 0.2) is 11.4 Å². The summed E-state index contributed by atoms with van der Waals surface area (Å²) in [5.74, 6) is -0.542. The van der Waals surface area contributed by atoms with Crippen LogP contribution in [0.2, 0.25) is 0 Å². The summed E-state index contributed by atoms with van der Waals surface area (Å²) >= 11 is 0. The monoisotopic (exact) mass is 468 g/mol. The second kappa shape index (κ2) is 8.14. The van der Waals surface area contributed by atoms with Crippen LogP contribution < -0.4 is 5.73 Å². The molecule has 0 aliphatic carbocycles. The van der Waals surface area contributed by atoms with E-state index in [1.54, 1.807) is 0 Å². The lowest BCUT2D eigenvalue weighted by molar-refractivity contribution is -0.0502. The first kappa shape index (κ1) is 22.5. The van der Waals surface area contributed by atoms with E-state index in [-0.39, 0.29) is 22.9 Å². The number of aliphatic hydroxyl groups excluding tert-OH is 1. The number of azide groups is 1. The molecule has 4 atom stereocenters. The summed E-state index contributed by atoms with van der Waals surface area (Å²) in [6.45, 7) is -0.879. The van der Waals surface area contributed by atoms with E-state index in [4.69, 9.17) is 35.6 Å². The van der Waals surface area contributed by atoms with Crippen LogP contribution in [0.4, 0.5) is 11.8 Å². The highest BCUT2D eigenvalue weighted by atomic mass is 31.2. The lowest BCUT2D eigenvalue weighted by atomic mass is 10.1. The van der Waals surface area contributed by atoms with Gasteiger partial charge < -0.3 is 35.2 Å². The fourth-order valence-electron chi connectivity index (χ4n) is 2.74. The van der Waals surface area contributed by atoms with Gasteiger partial charge in [0.1, 0.15) is 23.8 Å². The number of ether oxygens (including phenoxy) is 1. The van der Waals surface area contributed by atoms with E-state index in [2.05, 4.69) is 34.0 Å². The predicted molar refractivity (Wildman–Crippen MR) is 93.4 cm³/mol. The number of hydrogen-bond acceptors (Lipinski definition) is 11. The number of fused-ring (bicyclic) bond motifs is 1. The number of anilines is 1. The molecule has 7 N–H and O–H groups in total. The van der Waals surface area contributed by atoms with Crippen molar-refractivity contribution in [2.24, 2.45) is 5.11 Å². The molecule has 1 saturated heterocycles. The Morgan fingerprint density at radius 2 is 2.00 bits per heavy atom. The fraction of sp³-hybridized carbons (Fsp3) is 0.500. The number of phosphoric ester groups is 2. The second-order valence-electron chi connectivity index (χ2n) is 5.82.